The molecule has 0 fully saturated rings. The van der Waals surface area contributed by atoms with Crippen molar-refractivity contribution in [3.8, 4) is 22.6 Å². The van der Waals surface area contributed by atoms with E-state index in [1.165, 1.54) is 0 Å². The van der Waals surface area contributed by atoms with Gasteiger partial charge in [0.25, 0.3) is 0 Å². The molecule has 0 saturated carbocycles. The van der Waals surface area contributed by atoms with Crippen molar-refractivity contribution in [2.24, 2.45) is 0 Å². The number of carbonyl (C=O) groups is 1. The van der Waals surface area contributed by atoms with Gasteiger partial charge in [0, 0.05) is 0 Å². The molecule has 0 radical (unpaired) electrons. The molecule has 0 spiro atoms. The fraction of sp³-hybridized carbons (Fsp3) is 0.208. The van der Waals surface area contributed by atoms with Crippen LogP contribution in [-0.4, -0.2) is 12.6 Å². The second-order valence-corrected chi connectivity index (χ2v) is 8.37. The van der Waals surface area contributed by atoms with Gasteiger partial charge >= 0.3 is 5.97 Å². The van der Waals surface area contributed by atoms with Crippen LogP contribution in [0.15, 0.2) is 77.3 Å². The molecule has 28 heavy (non-hydrogen) atoms. The SMILES string of the molecule is CC(C)(C)c1ccccc1OCC(=O)Oc1ccc(-c2ccccc2)cc1Br. The largest absolute Gasteiger partial charge is 0.482 e. The van der Waals surface area contributed by atoms with Gasteiger partial charge in [-0.3, -0.25) is 0 Å². The Kier molecular flexibility index (Phi) is 6.20. The van der Waals surface area contributed by atoms with E-state index in [1.807, 2.05) is 66.7 Å². The summed E-state index contributed by atoms with van der Waals surface area (Å²) in [5.74, 6) is 0.722. The molecular formula is C24H23BrO3. The molecule has 0 aliphatic rings. The first-order valence-electron chi connectivity index (χ1n) is 9.12. The minimum absolute atomic E-state index is 0.0726. The average Bonchev–Trinajstić information content (AvgIpc) is 2.68. The summed E-state index contributed by atoms with van der Waals surface area (Å²) in [7, 11) is 0. The molecule has 0 aliphatic carbocycles. The number of ether oxygens (including phenoxy) is 2. The van der Waals surface area contributed by atoms with Crippen LogP contribution in [-0.2, 0) is 10.2 Å². The first-order valence-corrected chi connectivity index (χ1v) is 9.92. The molecule has 0 aliphatic heterocycles. The Morgan fingerprint density at radius 1 is 0.857 bits per heavy atom. The van der Waals surface area contributed by atoms with Crippen molar-refractivity contribution >= 4 is 21.9 Å². The van der Waals surface area contributed by atoms with Crippen molar-refractivity contribution in [2.75, 3.05) is 6.61 Å². The highest BCUT2D eigenvalue weighted by atomic mass is 79.9. The molecule has 3 aromatic carbocycles. The molecule has 3 rings (SSSR count). The zero-order valence-electron chi connectivity index (χ0n) is 16.2. The predicted octanol–water partition coefficient (Wildman–Crippen LogP) is 6.40. The number of halogens is 1. The Labute approximate surface area is 174 Å². The number of esters is 1. The maximum absolute atomic E-state index is 12.3. The summed E-state index contributed by atoms with van der Waals surface area (Å²) in [6, 6.07) is 23.4. The van der Waals surface area contributed by atoms with Gasteiger partial charge in [-0.05, 0) is 56.2 Å². The molecule has 0 bridgehead atoms. The maximum Gasteiger partial charge on any atom is 0.349 e. The van der Waals surface area contributed by atoms with Crippen LogP contribution in [0.3, 0.4) is 0 Å². The normalized spacial score (nSPS) is 11.1. The molecule has 0 amide bonds. The number of para-hydroxylation sites is 1. The molecule has 0 saturated heterocycles. The number of rotatable bonds is 5. The van der Waals surface area contributed by atoms with Gasteiger partial charge in [0.15, 0.2) is 6.61 Å². The van der Waals surface area contributed by atoms with Gasteiger partial charge in [0.2, 0.25) is 0 Å². The molecule has 0 atom stereocenters. The molecule has 0 aromatic heterocycles. The average molecular weight is 439 g/mol. The lowest BCUT2D eigenvalue weighted by atomic mass is 9.86. The van der Waals surface area contributed by atoms with E-state index in [1.54, 1.807) is 6.07 Å². The molecule has 0 unspecified atom stereocenters. The smallest absolute Gasteiger partial charge is 0.349 e. The Morgan fingerprint density at radius 2 is 1.54 bits per heavy atom. The summed E-state index contributed by atoms with van der Waals surface area (Å²) in [5, 5.41) is 0. The van der Waals surface area contributed by atoms with Gasteiger partial charge in [0.05, 0.1) is 4.47 Å². The minimum Gasteiger partial charge on any atom is -0.482 e. The van der Waals surface area contributed by atoms with Crippen molar-refractivity contribution < 1.29 is 14.3 Å². The minimum atomic E-state index is -0.447. The third-order valence-corrected chi connectivity index (χ3v) is 4.92. The summed E-state index contributed by atoms with van der Waals surface area (Å²) < 4.78 is 11.9. The van der Waals surface area contributed by atoms with E-state index in [0.29, 0.717) is 11.5 Å². The van der Waals surface area contributed by atoms with Gasteiger partial charge in [0.1, 0.15) is 11.5 Å². The molecule has 3 nitrogen and oxygen atoms in total. The number of hydrogen-bond acceptors (Lipinski definition) is 3. The van der Waals surface area contributed by atoms with Crippen LogP contribution >= 0.6 is 15.9 Å². The zero-order valence-corrected chi connectivity index (χ0v) is 17.8. The predicted molar refractivity (Wildman–Crippen MR) is 116 cm³/mol. The molecule has 0 heterocycles. The fourth-order valence-corrected chi connectivity index (χ4v) is 3.35. The number of benzene rings is 3. The van der Waals surface area contributed by atoms with E-state index >= 15 is 0 Å². The Balaban J connectivity index is 1.66. The van der Waals surface area contributed by atoms with E-state index in [9.17, 15) is 4.79 Å². The lowest BCUT2D eigenvalue weighted by Crippen LogP contribution is -2.20. The fourth-order valence-electron chi connectivity index (χ4n) is 2.89. The van der Waals surface area contributed by atoms with E-state index in [-0.39, 0.29) is 12.0 Å². The highest BCUT2D eigenvalue weighted by molar-refractivity contribution is 9.10. The van der Waals surface area contributed by atoms with Gasteiger partial charge in [-0.1, -0.05) is 75.4 Å². The first kappa shape index (κ1) is 20.2. The summed E-state index contributed by atoms with van der Waals surface area (Å²) in [6.07, 6.45) is 0. The third-order valence-electron chi connectivity index (χ3n) is 4.30. The summed E-state index contributed by atoms with van der Waals surface area (Å²) in [4.78, 5) is 12.3. The van der Waals surface area contributed by atoms with Crippen LogP contribution in [0.2, 0.25) is 0 Å². The molecule has 144 valence electrons. The van der Waals surface area contributed by atoms with Crippen molar-refractivity contribution in [2.45, 2.75) is 26.2 Å². The van der Waals surface area contributed by atoms with Gasteiger partial charge in [-0.2, -0.15) is 0 Å². The summed E-state index contributed by atoms with van der Waals surface area (Å²) >= 11 is 3.49. The van der Waals surface area contributed by atoms with Crippen LogP contribution < -0.4 is 9.47 Å². The Bertz CT molecular complexity index is 959. The van der Waals surface area contributed by atoms with Crippen LogP contribution in [0.4, 0.5) is 0 Å². The standard InChI is InChI=1S/C24H23BrO3/c1-24(2,3)19-11-7-8-12-21(19)27-16-23(26)28-22-14-13-18(15-20(22)25)17-9-5-4-6-10-17/h4-15H,16H2,1-3H3. The number of hydrogen-bond donors (Lipinski definition) is 0. The van der Waals surface area contributed by atoms with Gasteiger partial charge in [-0.25, -0.2) is 4.79 Å². The topological polar surface area (TPSA) is 35.5 Å². The van der Waals surface area contributed by atoms with Gasteiger partial charge < -0.3 is 9.47 Å². The van der Waals surface area contributed by atoms with Crippen LogP contribution in [0, 0.1) is 0 Å². The second kappa shape index (κ2) is 8.61. The van der Waals surface area contributed by atoms with Crippen LogP contribution in [0.1, 0.15) is 26.3 Å². The molecular weight excluding hydrogens is 416 g/mol. The maximum atomic E-state index is 12.3. The highest BCUT2D eigenvalue weighted by Crippen LogP contribution is 2.32. The first-order chi connectivity index (χ1) is 13.3. The lowest BCUT2D eigenvalue weighted by Gasteiger charge is -2.22. The van der Waals surface area contributed by atoms with Crippen LogP contribution in [0.5, 0.6) is 11.5 Å². The van der Waals surface area contributed by atoms with Crippen molar-refractivity contribution in [1.82, 2.24) is 0 Å². The number of carbonyl (C=O) groups excluding carboxylic acids is 1. The van der Waals surface area contributed by atoms with Gasteiger partial charge in [-0.15, -0.1) is 0 Å². The molecule has 3 aromatic rings. The third kappa shape index (κ3) is 5.02. The lowest BCUT2D eigenvalue weighted by molar-refractivity contribution is -0.136. The van der Waals surface area contributed by atoms with Crippen molar-refractivity contribution in [3.63, 3.8) is 0 Å². The van der Waals surface area contributed by atoms with E-state index in [4.69, 9.17) is 9.47 Å². The second-order valence-electron chi connectivity index (χ2n) is 7.52. The molecule has 0 N–H and O–H groups in total. The quantitative estimate of drug-likeness (QED) is 0.341. The Morgan fingerprint density at radius 3 is 2.21 bits per heavy atom. The van der Waals surface area contributed by atoms with Crippen LogP contribution in [0.25, 0.3) is 11.1 Å². The van der Waals surface area contributed by atoms with Crippen molar-refractivity contribution in [3.05, 3.63) is 82.8 Å². The zero-order chi connectivity index (χ0) is 20.1. The Hall–Kier alpha value is -2.59. The monoisotopic (exact) mass is 438 g/mol. The molecule has 4 heteroatoms. The van der Waals surface area contributed by atoms with E-state index in [2.05, 4.69) is 36.7 Å². The van der Waals surface area contributed by atoms with Crippen molar-refractivity contribution in [1.29, 1.82) is 0 Å². The summed E-state index contributed by atoms with van der Waals surface area (Å²) in [6.45, 7) is 6.18. The van der Waals surface area contributed by atoms with E-state index in [0.717, 1.165) is 21.2 Å². The highest BCUT2D eigenvalue weighted by Gasteiger charge is 2.19. The summed E-state index contributed by atoms with van der Waals surface area (Å²) in [5.41, 5.74) is 3.12. The van der Waals surface area contributed by atoms with E-state index < -0.39 is 5.97 Å².